The van der Waals surface area contributed by atoms with Gasteiger partial charge in [-0.1, -0.05) is 11.6 Å². The lowest BCUT2D eigenvalue weighted by molar-refractivity contribution is -0.118. The molecule has 1 aliphatic heterocycles. The Morgan fingerprint density at radius 2 is 2.06 bits per heavy atom. The summed E-state index contributed by atoms with van der Waals surface area (Å²) in [7, 11) is 1.61. The molecule has 0 radical (unpaired) electrons. The van der Waals surface area contributed by atoms with Gasteiger partial charge >= 0.3 is 0 Å². The molecule has 9 nitrogen and oxygen atoms in total. The minimum absolute atomic E-state index is 0.0758. The van der Waals surface area contributed by atoms with Crippen LogP contribution in [0.2, 0.25) is 5.02 Å². The van der Waals surface area contributed by atoms with Gasteiger partial charge in [-0.3, -0.25) is 14.6 Å². The summed E-state index contributed by atoms with van der Waals surface area (Å²) in [5.41, 5.74) is 1.78. The van der Waals surface area contributed by atoms with Gasteiger partial charge in [-0.05, 0) is 55.9 Å². The molecule has 11 heteroatoms. The highest BCUT2D eigenvalue weighted by Crippen LogP contribution is 2.32. The van der Waals surface area contributed by atoms with E-state index in [1.165, 1.54) is 6.07 Å². The van der Waals surface area contributed by atoms with Crippen LogP contribution in [-0.4, -0.2) is 52.3 Å². The molecule has 36 heavy (non-hydrogen) atoms. The summed E-state index contributed by atoms with van der Waals surface area (Å²) in [5, 5.41) is 5.86. The Bertz CT molecular complexity index is 1300. The molecule has 0 unspecified atom stereocenters. The van der Waals surface area contributed by atoms with E-state index in [0.29, 0.717) is 17.5 Å². The van der Waals surface area contributed by atoms with Crippen molar-refractivity contribution in [2.45, 2.75) is 43.0 Å². The van der Waals surface area contributed by atoms with E-state index in [1.54, 1.807) is 18.9 Å². The monoisotopic (exact) mass is 527 g/mol. The number of carbonyl (C=O) groups is 2. The highest BCUT2D eigenvalue weighted by molar-refractivity contribution is 7.99. The van der Waals surface area contributed by atoms with E-state index in [4.69, 9.17) is 21.1 Å². The number of halogens is 1. The number of fused-ring (bicyclic) bond motifs is 2. The Balaban J connectivity index is 1.09. The second-order valence-electron chi connectivity index (χ2n) is 8.89. The lowest BCUT2D eigenvalue weighted by Gasteiger charge is -2.29. The fourth-order valence-electron chi connectivity index (χ4n) is 4.50. The number of hydrogen-bond donors (Lipinski definition) is 2. The predicted octanol–water partition coefficient (Wildman–Crippen LogP) is 4.49. The predicted molar refractivity (Wildman–Crippen MR) is 138 cm³/mol. The summed E-state index contributed by atoms with van der Waals surface area (Å²) < 4.78 is 10.5. The standard InChI is InChI=1S/C25H26ClN5O4S/c1-34-22-7-6-18-19(29-22)10-16(12-27-18)36-9-8-14-2-4-15(5-3-14)28-25(33)23-17(26)11-20-24(31-23)30-21(32)13-35-20/h6-7,10-12,14-15H,2-5,8-9,13H2,1H3,(H,28,33)(H,30,31,32). The largest absolute Gasteiger partial charge is 0.481 e. The van der Waals surface area contributed by atoms with Crippen molar-refractivity contribution in [2.24, 2.45) is 5.92 Å². The molecular weight excluding hydrogens is 502 g/mol. The number of nitrogens with one attached hydrogen (secondary N) is 2. The smallest absolute Gasteiger partial charge is 0.271 e. The van der Waals surface area contributed by atoms with Crippen LogP contribution in [0.15, 0.2) is 35.4 Å². The molecule has 2 amide bonds. The Labute approximate surface area is 217 Å². The minimum Gasteiger partial charge on any atom is -0.481 e. The number of methoxy groups -OCH3 is 1. The molecule has 2 N–H and O–H groups in total. The first-order chi connectivity index (χ1) is 17.5. The maximum atomic E-state index is 12.8. The summed E-state index contributed by atoms with van der Waals surface area (Å²) >= 11 is 8.04. The summed E-state index contributed by atoms with van der Waals surface area (Å²) in [6.45, 7) is -0.0934. The van der Waals surface area contributed by atoms with Crippen molar-refractivity contribution in [2.75, 3.05) is 24.8 Å². The Kier molecular flexibility index (Phi) is 7.43. The molecule has 0 saturated heterocycles. The topological polar surface area (TPSA) is 115 Å². The van der Waals surface area contributed by atoms with Crippen molar-refractivity contribution in [1.82, 2.24) is 20.3 Å². The molecule has 0 bridgehead atoms. The first-order valence-electron chi connectivity index (χ1n) is 11.9. The zero-order valence-electron chi connectivity index (χ0n) is 19.8. The molecule has 2 aliphatic rings. The molecule has 0 atom stereocenters. The molecule has 0 spiro atoms. The van der Waals surface area contributed by atoms with E-state index in [2.05, 4.69) is 31.7 Å². The fourth-order valence-corrected chi connectivity index (χ4v) is 5.73. The second kappa shape index (κ2) is 10.9. The van der Waals surface area contributed by atoms with Crippen LogP contribution in [0.4, 0.5) is 5.82 Å². The van der Waals surface area contributed by atoms with E-state index in [-0.39, 0.29) is 41.0 Å². The van der Waals surface area contributed by atoms with E-state index < -0.39 is 0 Å². The third-order valence-electron chi connectivity index (χ3n) is 6.45. The summed E-state index contributed by atoms with van der Waals surface area (Å²) in [4.78, 5) is 38.6. The van der Waals surface area contributed by atoms with Gasteiger partial charge in [0.2, 0.25) is 5.88 Å². The van der Waals surface area contributed by atoms with Gasteiger partial charge in [0.25, 0.3) is 11.8 Å². The van der Waals surface area contributed by atoms with E-state index in [0.717, 1.165) is 53.8 Å². The van der Waals surface area contributed by atoms with Crippen LogP contribution in [0.3, 0.4) is 0 Å². The van der Waals surface area contributed by atoms with Gasteiger partial charge in [0.1, 0.15) is 5.69 Å². The number of aromatic nitrogens is 3. The third-order valence-corrected chi connectivity index (χ3v) is 7.73. The molecular formula is C25H26ClN5O4S. The van der Waals surface area contributed by atoms with Crippen LogP contribution in [0.1, 0.15) is 42.6 Å². The van der Waals surface area contributed by atoms with E-state index >= 15 is 0 Å². The number of hydrogen-bond acceptors (Lipinski definition) is 8. The van der Waals surface area contributed by atoms with E-state index in [9.17, 15) is 9.59 Å². The zero-order chi connectivity index (χ0) is 25.1. The normalized spacial score (nSPS) is 19.2. The number of thioether (sulfide) groups is 1. The van der Waals surface area contributed by atoms with Gasteiger partial charge in [-0.15, -0.1) is 11.8 Å². The molecule has 5 rings (SSSR count). The Morgan fingerprint density at radius 3 is 2.86 bits per heavy atom. The number of anilines is 1. The van der Waals surface area contributed by atoms with E-state index in [1.807, 2.05) is 18.3 Å². The average molecular weight is 528 g/mol. The van der Waals surface area contributed by atoms with Crippen LogP contribution >= 0.6 is 23.4 Å². The fraction of sp³-hybridized carbons (Fsp3) is 0.400. The van der Waals surface area contributed by atoms with Crippen molar-refractivity contribution in [1.29, 1.82) is 0 Å². The number of ether oxygens (including phenoxy) is 2. The molecule has 188 valence electrons. The molecule has 1 saturated carbocycles. The van der Waals surface area contributed by atoms with Crippen molar-refractivity contribution in [3.63, 3.8) is 0 Å². The number of pyridine rings is 3. The van der Waals surface area contributed by atoms with Gasteiger partial charge < -0.3 is 20.1 Å². The second-order valence-corrected chi connectivity index (χ2v) is 10.5. The maximum absolute atomic E-state index is 12.8. The van der Waals surface area contributed by atoms with Gasteiger partial charge in [-0.2, -0.15) is 0 Å². The lowest BCUT2D eigenvalue weighted by atomic mass is 9.84. The van der Waals surface area contributed by atoms with Crippen molar-refractivity contribution >= 4 is 52.0 Å². The van der Waals surface area contributed by atoms with Crippen LogP contribution in [0.5, 0.6) is 11.6 Å². The number of amides is 2. The SMILES string of the molecule is COc1ccc2ncc(SCCC3CCC(NC(=O)c4nc5c(cc4Cl)OCC(=O)N5)CC3)cc2n1. The maximum Gasteiger partial charge on any atom is 0.271 e. The molecule has 3 aromatic heterocycles. The van der Waals surface area contributed by atoms with Crippen molar-refractivity contribution in [3.8, 4) is 11.6 Å². The minimum atomic E-state index is -0.337. The molecule has 1 fully saturated rings. The average Bonchev–Trinajstić information content (AvgIpc) is 2.89. The highest BCUT2D eigenvalue weighted by Gasteiger charge is 2.26. The zero-order valence-corrected chi connectivity index (χ0v) is 21.3. The van der Waals surface area contributed by atoms with Crippen LogP contribution in [0, 0.1) is 5.92 Å². The van der Waals surface area contributed by atoms with Crippen molar-refractivity contribution < 1.29 is 19.1 Å². The number of rotatable bonds is 7. The van der Waals surface area contributed by atoms with Gasteiger partial charge in [-0.25, -0.2) is 9.97 Å². The summed E-state index contributed by atoms with van der Waals surface area (Å²) in [6, 6.07) is 7.37. The highest BCUT2D eigenvalue weighted by atomic mass is 35.5. The third kappa shape index (κ3) is 5.65. The van der Waals surface area contributed by atoms with Crippen molar-refractivity contribution in [3.05, 3.63) is 41.2 Å². The van der Waals surface area contributed by atoms with Gasteiger partial charge in [0, 0.05) is 29.3 Å². The molecule has 0 aromatic carbocycles. The van der Waals surface area contributed by atoms with Gasteiger partial charge in [0.05, 0.1) is 23.2 Å². The summed E-state index contributed by atoms with van der Waals surface area (Å²) in [5.74, 6) is 2.14. The quantitative estimate of drug-likeness (QED) is 0.432. The molecule has 4 heterocycles. The summed E-state index contributed by atoms with van der Waals surface area (Å²) in [6.07, 6.45) is 6.91. The molecule has 1 aliphatic carbocycles. The molecule has 3 aromatic rings. The Morgan fingerprint density at radius 1 is 1.22 bits per heavy atom. The lowest BCUT2D eigenvalue weighted by Crippen LogP contribution is -2.38. The first-order valence-corrected chi connectivity index (χ1v) is 13.2. The van der Waals surface area contributed by atoms with Gasteiger partial charge in [0.15, 0.2) is 18.2 Å². The van der Waals surface area contributed by atoms with Crippen LogP contribution < -0.4 is 20.1 Å². The first kappa shape index (κ1) is 24.6. The Hall–Kier alpha value is -3.11. The number of carbonyl (C=O) groups excluding carboxylic acids is 2. The van der Waals surface area contributed by atoms with Crippen LogP contribution in [0.25, 0.3) is 11.0 Å². The number of nitrogens with zero attached hydrogens (tertiary/aromatic N) is 3. The van der Waals surface area contributed by atoms with Crippen LogP contribution in [-0.2, 0) is 4.79 Å².